The summed E-state index contributed by atoms with van der Waals surface area (Å²) in [6, 6.07) is 8.69. The number of primary amides is 1. The molecule has 0 aromatic heterocycles. The molecule has 0 aliphatic rings. The molecular formula is C13H12N2O2. The van der Waals surface area contributed by atoms with Crippen LogP contribution in [0.4, 0.5) is 0 Å². The van der Waals surface area contributed by atoms with Crippen LogP contribution in [0.3, 0.4) is 0 Å². The lowest BCUT2D eigenvalue weighted by molar-refractivity contribution is -0.117. The lowest BCUT2D eigenvalue weighted by Gasteiger charge is -1.98. The van der Waals surface area contributed by atoms with Crippen molar-refractivity contribution in [1.82, 2.24) is 0 Å². The van der Waals surface area contributed by atoms with Gasteiger partial charge in [0.05, 0.1) is 12.5 Å². The molecule has 0 saturated heterocycles. The predicted molar refractivity (Wildman–Crippen MR) is 63.8 cm³/mol. The molecule has 2 N–H and O–H groups in total. The summed E-state index contributed by atoms with van der Waals surface area (Å²) < 4.78 is 0. The number of Topliss-reactive ketones (excluding diaryl/α,β-unsaturated/α-hetero) is 1. The fraction of sp³-hybridized carbons (Fsp3) is 0.154. The molecule has 0 aliphatic heterocycles. The van der Waals surface area contributed by atoms with Crippen molar-refractivity contribution >= 4 is 17.8 Å². The Balaban J connectivity index is 2.79. The lowest BCUT2D eigenvalue weighted by Crippen LogP contribution is -2.07. The van der Waals surface area contributed by atoms with Crippen molar-refractivity contribution in [2.45, 2.75) is 12.8 Å². The largest absolute Gasteiger partial charge is 0.369 e. The molecule has 0 saturated carbocycles. The van der Waals surface area contributed by atoms with Gasteiger partial charge >= 0.3 is 0 Å². The van der Waals surface area contributed by atoms with Gasteiger partial charge in [-0.3, -0.25) is 9.59 Å². The monoisotopic (exact) mass is 228 g/mol. The molecule has 0 bridgehead atoms. The van der Waals surface area contributed by atoms with E-state index in [1.165, 1.54) is 0 Å². The molecule has 0 unspecified atom stereocenters. The minimum Gasteiger partial charge on any atom is -0.369 e. The smallest absolute Gasteiger partial charge is 0.221 e. The lowest BCUT2D eigenvalue weighted by atomic mass is 10.1. The number of hydrogen-bond donors (Lipinski definition) is 1. The van der Waals surface area contributed by atoms with Crippen LogP contribution in [-0.4, -0.2) is 11.7 Å². The fourth-order valence-electron chi connectivity index (χ4n) is 1.30. The second-order valence-electron chi connectivity index (χ2n) is 3.46. The highest BCUT2D eigenvalue weighted by Gasteiger charge is 2.04. The zero-order chi connectivity index (χ0) is 12.7. The van der Waals surface area contributed by atoms with E-state index in [-0.39, 0.29) is 18.6 Å². The Labute approximate surface area is 99.4 Å². The van der Waals surface area contributed by atoms with E-state index in [0.717, 1.165) is 5.56 Å². The fourth-order valence-corrected chi connectivity index (χ4v) is 1.30. The molecule has 0 heterocycles. The van der Waals surface area contributed by atoms with Crippen molar-refractivity contribution in [3.63, 3.8) is 0 Å². The molecule has 0 aliphatic carbocycles. The number of benzene rings is 1. The van der Waals surface area contributed by atoms with E-state index in [1.54, 1.807) is 36.4 Å². The summed E-state index contributed by atoms with van der Waals surface area (Å²) >= 11 is 0. The molecule has 1 aromatic rings. The second kappa shape index (κ2) is 6.23. The third-order valence-corrected chi connectivity index (χ3v) is 2.08. The van der Waals surface area contributed by atoms with E-state index in [2.05, 4.69) is 0 Å². The van der Waals surface area contributed by atoms with Gasteiger partial charge in [-0.2, -0.15) is 5.26 Å². The first kappa shape index (κ1) is 12.7. The third-order valence-electron chi connectivity index (χ3n) is 2.08. The summed E-state index contributed by atoms with van der Waals surface area (Å²) in [5.74, 6) is -0.615. The maximum atomic E-state index is 11.5. The normalized spacial score (nSPS) is 10.1. The van der Waals surface area contributed by atoms with Crippen molar-refractivity contribution in [1.29, 1.82) is 5.26 Å². The van der Waals surface area contributed by atoms with Crippen molar-refractivity contribution in [2.75, 3.05) is 0 Å². The summed E-state index contributed by atoms with van der Waals surface area (Å²) in [6.45, 7) is 0. The number of carbonyl (C=O) groups is 2. The zero-order valence-electron chi connectivity index (χ0n) is 9.22. The van der Waals surface area contributed by atoms with Gasteiger partial charge in [0, 0.05) is 12.0 Å². The third kappa shape index (κ3) is 4.31. The van der Waals surface area contributed by atoms with Gasteiger partial charge in [-0.25, -0.2) is 0 Å². The molecule has 4 heteroatoms. The summed E-state index contributed by atoms with van der Waals surface area (Å²) in [5, 5.41) is 8.43. The summed E-state index contributed by atoms with van der Waals surface area (Å²) in [6.07, 6.45) is 3.38. The Morgan fingerprint density at radius 1 is 1.41 bits per heavy atom. The average molecular weight is 228 g/mol. The van der Waals surface area contributed by atoms with Crippen molar-refractivity contribution in [3.8, 4) is 6.07 Å². The van der Waals surface area contributed by atoms with Crippen LogP contribution in [0.1, 0.15) is 28.8 Å². The van der Waals surface area contributed by atoms with Gasteiger partial charge in [-0.15, -0.1) is 0 Å². The van der Waals surface area contributed by atoms with Gasteiger partial charge in [-0.1, -0.05) is 30.4 Å². The number of nitriles is 1. The maximum absolute atomic E-state index is 11.5. The van der Waals surface area contributed by atoms with E-state index in [9.17, 15) is 9.59 Å². The van der Waals surface area contributed by atoms with Crippen LogP contribution in [0, 0.1) is 11.3 Å². The second-order valence-corrected chi connectivity index (χ2v) is 3.46. The van der Waals surface area contributed by atoms with Crippen LogP contribution in [0.2, 0.25) is 0 Å². The molecule has 1 aromatic carbocycles. The van der Waals surface area contributed by atoms with E-state index < -0.39 is 5.91 Å². The van der Waals surface area contributed by atoms with Crippen LogP contribution >= 0.6 is 0 Å². The first-order valence-corrected chi connectivity index (χ1v) is 5.08. The molecule has 17 heavy (non-hydrogen) atoms. The number of nitrogens with two attached hydrogens (primary N) is 1. The van der Waals surface area contributed by atoms with Gasteiger partial charge < -0.3 is 5.73 Å². The van der Waals surface area contributed by atoms with E-state index in [0.29, 0.717) is 5.56 Å². The van der Waals surface area contributed by atoms with Gasteiger partial charge in [0.1, 0.15) is 0 Å². The highest BCUT2D eigenvalue weighted by molar-refractivity contribution is 5.97. The SMILES string of the molecule is N#CCC(=O)c1cccc(C=CCC(N)=O)c1. The van der Waals surface area contributed by atoms with Crippen LogP contribution in [0.25, 0.3) is 6.08 Å². The number of hydrogen-bond acceptors (Lipinski definition) is 3. The van der Waals surface area contributed by atoms with Crippen LogP contribution in [0.5, 0.6) is 0 Å². The average Bonchev–Trinajstić information content (AvgIpc) is 2.29. The van der Waals surface area contributed by atoms with Crippen molar-refractivity contribution in [3.05, 3.63) is 41.5 Å². The number of ketones is 1. The Morgan fingerprint density at radius 3 is 2.82 bits per heavy atom. The summed E-state index contributed by atoms with van der Waals surface area (Å²) in [4.78, 5) is 22.0. The van der Waals surface area contributed by atoms with Crippen molar-refractivity contribution < 1.29 is 9.59 Å². The number of rotatable bonds is 5. The molecule has 0 atom stereocenters. The molecule has 1 rings (SSSR count). The highest BCUT2D eigenvalue weighted by Crippen LogP contribution is 2.09. The van der Waals surface area contributed by atoms with Crippen LogP contribution < -0.4 is 5.73 Å². The summed E-state index contributed by atoms with van der Waals surface area (Å²) in [7, 11) is 0. The molecule has 1 amide bonds. The van der Waals surface area contributed by atoms with E-state index >= 15 is 0 Å². The Morgan fingerprint density at radius 2 is 2.18 bits per heavy atom. The molecule has 0 fully saturated rings. The number of carbonyl (C=O) groups excluding carboxylic acids is 2. The van der Waals surface area contributed by atoms with Gasteiger partial charge in [0.2, 0.25) is 5.91 Å². The maximum Gasteiger partial charge on any atom is 0.221 e. The Hall–Kier alpha value is -2.41. The van der Waals surface area contributed by atoms with E-state index in [4.69, 9.17) is 11.0 Å². The minimum atomic E-state index is -0.405. The van der Waals surface area contributed by atoms with Crippen LogP contribution in [0.15, 0.2) is 30.3 Å². The zero-order valence-corrected chi connectivity index (χ0v) is 9.22. The molecular weight excluding hydrogens is 216 g/mol. The minimum absolute atomic E-state index is 0.131. The number of nitrogens with zero attached hydrogens (tertiary/aromatic N) is 1. The quantitative estimate of drug-likeness (QED) is 0.778. The number of amides is 1. The van der Waals surface area contributed by atoms with Gasteiger partial charge in [-0.05, 0) is 11.6 Å². The predicted octanol–water partition coefficient (Wildman–Crippen LogP) is 1.67. The Bertz CT molecular complexity index is 498. The van der Waals surface area contributed by atoms with E-state index in [1.807, 2.05) is 6.07 Å². The highest BCUT2D eigenvalue weighted by atomic mass is 16.1. The summed E-state index contributed by atoms with van der Waals surface area (Å²) in [5.41, 5.74) is 6.29. The molecule has 4 nitrogen and oxygen atoms in total. The molecule has 86 valence electrons. The standard InChI is InChI=1S/C13H12N2O2/c14-8-7-12(16)11-5-1-3-10(9-11)4-2-6-13(15)17/h1-5,9H,6-7H2,(H2,15,17). The van der Waals surface area contributed by atoms with Gasteiger partial charge in [0.25, 0.3) is 0 Å². The van der Waals surface area contributed by atoms with Gasteiger partial charge in [0.15, 0.2) is 5.78 Å². The first-order chi connectivity index (χ1) is 8.13. The van der Waals surface area contributed by atoms with Crippen molar-refractivity contribution in [2.24, 2.45) is 5.73 Å². The first-order valence-electron chi connectivity index (χ1n) is 5.08. The molecule has 0 radical (unpaired) electrons. The van der Waals surface area contributed by atoms with Crippen LogP contribution in [-0.2, 0) is 4.79 Å². The topological polar surface area (TPSA) is 83.9 Å². The Kier molecular flexibility index (Phi) is 4.64. The molecule has 0 spiro atoms.